The summed E-state index contributed by atoms with van der Waals surface area (Å²) in [5.74, 6) is 0.895. The molecule has 1 aliphatic rings. The molecule has 0 aliphatic heterocycles. The fraction of sp³-hybridized carbons (Fsp3) is 0.409. The van der Waals surface area contributed by atoms with E-state index in [1.165, 1.54) is 36.9 Å². The zero-order valence-electron chi connectivity index (χ0n) is 14.3. The summed E-state index contributed by atoms with van der Waals surface area (Å²) in [5, 5.41) is 9.05. The van der Waals surface area contributed by atoms with E-state index in [0.717, 1.165) is 37.4 Å². The van der Waals surface area contributed by atoms with Crippen molar-refractivity contribution in [3.63, 3.8) is 0 Å². The molecule has 2 nitrogen and oxygen atoms in total. The number of hydrogen-bond acceptors (Lipinski definition) is 2. The SMILES string of the molecule is N#Cc1cccc(CCN(CCc2ccccc2)CC2CCC2)c1. The molecule has 2 heteroatoms. The lowest BCUT2D eigenvalue weighted by molar-refractivity contribution is 0.180. The summed E-state index contributed by atoms with van der Waals surface area (Å²) in [7, 11) is 0. The second kappa shape index (κ2) is 8.66. The predicted octanol–water partition coefficient (Wildman–Crippen LogP) is 4.45. The standard InChI is InChI=1S/C22H26N2/c23-17-22-11-4-8-20(16-22)13-15-24(18-21-9-5-10-21)14-12-19-6-2-1-3-7-19/h1-4,6-8,11,16,21H,5,9-10,12-15,18H2. The van der Waals surface area contributed by atoms with E-state index in [9.17, 15) is 0 Å². The molecule has 3 rings (SSSR count). The lowest BCUT2D eigenvalue weighted by Crippen LogP contribution is -2.35. The summed E-state index contributed by atoms with van der Waals surface area (Å²) < 4.78 is 0. The Morgan fingerprint density at radius 1 is 0.917 bits per heavy atom. The summed E-state index contributed by atoms with van der Waals surface area (Å²) >= 11 is 0. The molecule has 0 radical (unpaired) electrons. The van der Waals surface area contributed by atoms with Crippen LogP contribution in [0, 0.1) is 17.2 Å². The molecule has 0 spiro atoms. The Hall–Kier alpha value is -2.11. The van der Waals surface area contributed by atoms with E-state index < -0.39 is 0 Å². The van der Waals surface area contributed by atoms with Gasteiger partial charge in [-0.1, -0.05) is 48.9 Å². The van der Waals surface area contributed by atoms with Gasteiger partial charge in [-0.05, 0) is 54.9 Å². The third kappa shape index (κ3) is 4.94. The van der Waals surface area contributed by atoms with Crippen LogP contribution in [0.25, 0.3) is 0 Å². The van der Waals surface area contributed by atoms with Crippen LogP contribution in [0.5, 0.6) is 0 Å². The van der Waals surface area contributed by atoms with Crippen molar-refractivity contribution in [2.24, 2.45) is 5.92 Å². The first-order chi connectivity index (χ1) is 11.8. The highest BCUT2D eigenvalue weighted by atomic mass is 15.1. The van der Waals surface area contributed by atoms with Crippen molar-refractivity contribution in [1.29, 1.82) is 5.26 Å². The van der Waals surface area contributed by atoms with Gasteiger partial charge in [0.15, 0.2) is 0 Å². The van der Waals surface area contributed by atoms with Crippen molar-refractivity contribution >= 4 is 0 Å². The fourth-order valence-corrected chi connectivity index (χ4v) is 3.35. The van der Waals surface area contributed by atoms with E-state index in [0.29, 0.717) is 0 Å². The second-order valence-corrected chi connectivity index (χ2v) is 6.90. The van der Waals surface area contributed by atoms with Crippen LogP contribution in [0.1, 0.15) is 36.0 Å². The molecular weight excluding hydrogens is 292 g/mol. The first-order valence-electron chi connectivity index (χ1n) is 9.09. The zero-order chi connectivity index (χ0) is 16.6. The average molecular weight is 318 g/mol. The smallest absolute Gasteiger partial charge is 0.0991 e. The monoisotopic (exact) mass is 318 g/mol. The van der Waals surface area contributed by atoms with Crippen LogP contribution in [0.15, 0.2) is 54.6 Å². The topological polar surface area (TPSA) is 27.0 Å². The van der Waals surface area contributed by atoms with Crippen LogP contribution < -0.4 is 0 Å². The quantitative estimate of drug-likeness (QED) is 0.719. The Labute approximate surface area is 145 Å². The normalized spacial score (nSPS) is 14.3. The van der Waals surface area contributed by atoms with Crippen molar-refractivity contribution in [1.82, 2.24) is 4.90 Å². The third-order valence-corrected chi connectivity index (χ3v) is 5.07. The highest BCUT2D eigenvalue weighted by Gasteiger charge is 2.20. The lowest BCUT2D eigenvalue weighted by atomic mass is 9.85. The Bertz CT molecular complexity index is 668. The Morgan fingerprint density at radius 2 is 1.62 bits per heavy atom. The number of hydrogen-bond donors (Lipinski definition) is 0. The van der Waals surface area contributed by atoms with Gasteiger partial charge in [0.1, 0.15) is 0 Å². The van der Waals surface area contributed by atoms with Gasteiger partial charge in [-0.2, -0.15) is 5.26 Å². The Morgan fingerprint density at radius 3 is 2.29 bits per heavy atom. The number of nitrogens with zero attached hydrogens (tertiary/aromatic N) is 2. The fourth-order valence-electron chi connectivity index (χ4n) is 3.35. The van der Waals surface area contributed by atoms with Gasteiger partial charge in [0, 0.05) is 19.6 Å². The van der Waals surface area contributed by atoms with Gasteiger partial charge in [-0.25, -0.2) is 0 Å². The van der Waals surface area contributed by atoms with Gasteiger partial charge >= 0.3 is 0 Å². The number of nitriles is 1. The molecular formula is C22H26N2. The van der Waals surface area contributed by atoms with Gasteiger partial charge in [-0.3, -0.25) is 0 Å². The van der Waals surface area contributed by atoms with Crippen molar-refractivity contribution in [3.05, 3.63) is 71.3 Å². The molecule has 0 N–H and O–H groups in total. The summed E-state index contributed by atoms with van der Waals surface area (Å²) in [6.07, 6.45) is 6.34. The molecule has 1 fully saturated rings. The molecule has 124 valence electrons. The molecule has 1 saturated carbocycles. The molecule has 24 heavy (non-hydrogen) atoms. The van der Waals surface area contributed by atoms with Gasteiger partial charge in [0.05, 0.1) is 11.6 Å². The van der Waals surface area contributed by atoms with E-state index >= 15 is 0 Å². The van der Waals surface area contributed by atoms with E-state index in [4.69, 9.17) is 5.26 Å². The van der Waals surface area contributed by atoms with Gasteiger partial charge in [0.25, 0.3) is 0 Å². The van der Waals surface area contributed by atoms with E-state index in [1.807, 2.05) is 18.2 Å². The number of rotatable bonds is 8. The first-order valence-corrected chi connectivity index (χ1v) is 9.09. The van der Waals surface area contributed by atoms with Crippen molar-refractivity contribution in [3.8, 4) is 6.07 Å². The summed E-state index contributed by atoms with van der Waals surface area (Å²) in [6.45, 7) is 3.43. The molecule has 2 aromatic rings. The van der Waals surface area contributed by atoms with E-state index in [-0.39, 0.29) is 0 Å². The summed E-state index contributed by atoms with van der Waals surface area (Å²) in [4.78, 5) is 2.62. The molecule has 1 aliphatic carbocycles. The maximum atomic E-state index is 9.05. The second-order valence-electron chi connectivity index (χ2n) is 6.90. The maximum absolute atomic E-state index is 9.05. The van der Waals surface area contributed by atoms with Crippen LogP contribution in [-0.2, 0) is 12.8 Å². The minimum atomic E-state index is 0.766. The van der Waals surface area contributed by atoms with Crippen molar-refractivity contribution < 1.29 is 0 Å². The first kappa shape index (κ1) is 16.7. The lowest BCUT2D eigenvalue weighted by Gasteiger charge is -2.32. The van der Waals surface area contributed by atoms with Gasteiger partial charge < -0.3 is 4.90 Å². The van der Waals surface area contributed by atoms with Crippen LogP contribution in [-0.4, -0.2) is 24.5 Å². The Balaban J connectivity index is 1.55. The molecule has 0 atom stereocenters. The Kier molecular flexibility index (Phi) is 6.04. The largest absolute Gasteiger partial charge is 0.302 e. The van der Waals surface area contributed by atoms with Gasteiger partial charge in [0.2, 0.25) is 0 Å². The van der Waals surface area contributed by atoms with E-state index in [1.54, 1.807) is 0 Å². The number of benzene rings is 2. The molecule has 0 bridgehead atoms. The molecule has 2 aromatic carbocycles. The van der Waals surface area contributed by atoms with Crippen LogP contribution in [0.3, 0.4) is 0 Å². The zero-order valence-corrected chi connectivity index (χ0v) is 14.3. The average Bonchev–Trinajstić information content (AvgIpc) is 2.60. The van der Waals surface area contributed by atoms with Gasteiger partial charge in [-0.15, -0.1) is 0 Å². The molecule has 0 unspecified atom stereocenters. The molecule has 0 saturated heterocycles. The summed E-state index contributed by atoms with van der Waals surface area (Å²) in [6, 6.07) is 21.0. The minimum Gasteiger partial charge on any atom is -0.302 e. The van der Waals surface area contributed by atoms with Crippen LogP contribution in [0.2, 0.25) is 0 Å². The maximum Gasteiger partial charge on any atom is 0.0991 e. The van der Waals surface area contributed by atoms with E-state index in [2.05, 4.69) is 47.4 Å². The molecule has 0 aromatic heterocycles. The third-order valence-electron chi connectivity index (χ3n) is 5.07. The predicted molar refractivity (Wildman–Crippen MR) is 98.8 cm³/mol. The summed E-state index contributed by atoms with van der Waals surface area (Å²) in [5.41, 5.74) is 3.46. The van der Waals surface area contributed by atoms with Crippen molar-refractivity contribution in [2.75, 3.05) is 19.6 Å². The molecule has 0 amide bonds. The highest BCUT2D eigenvalue weighted by Crippen LogP contribution is 2.27. The van der Waals surface area contributed by atoms with Crippen molar-refractivity contribution in [2.45, 2.75) is 32.1 Å². The van der Waals surface area contributed by atoms with Crippen LogP contribution >= 0.6 is 0 Å². The highest BCUT2D eigenvalue weighted by molar-refractivity contribution is 5.32. The molecule has 0 heterocycles. The van der Waals surface area contributed by atoms with Crippen LogP contribution in [0.4, 0.5) is 0 Å². The minimum absolute atomic E-state index is 0.766.